The molecule has 0 radical (unpaired) electrons. The van der Waals surface area contributed by atoms with Crippen molar-refractivity contribution in [3.8, 4) is 0 Å². The number of nitrogens with two attached hydrogens (primary N) is 1. The summed E-state index contributed by atoms with van der Waals surface area (Å²) < 4.78 is 111. The molecule has 1 aromatic carbocycles. The lowest BCUT2D eigenvalue weighted by atomic mass is 10.1. The number of nitro benzene ring substituents is 1. The van der Waals surface area contributed by atoms with Crippen LogP contribution in [-0.2, 0) is 48.7 Å². The van der Waals surface area contributed by atoms with Crippen LogP contribution in [0.4, 0.5) is 11.4 Å². The van der Waals surface area contributed by atoms with E-state index < -0.39 is 51.0 Å². The largest absolute Gasteiger partial charge is 0.748 e. The molecule has 0 aliphatic carbocycles. The predicted octanol–water partition coefficient (Wildman–Crippen LogP) is -2.61. The van der Waals surface area contributed by atoms with Crippen LogP contribution in [0.2, 0.25) is 0 Å². The Morgan fingerprint density at radius 1 is 0.923 bits per heavy atom. The van der Waals surface area contributed by atoms with E-state index in [2.05, 4.69) is 0 Å². The van der Waals surface area contributed by atoms with Crippen LogP contribution in [-0.4, -0.2) is 119 Å². The van der Waals surface area contributed by atoms with Crippen LogP contribution >= 0.6 is 0 Å². The molecule has 0 aromatic heterocycles. The van der Waals surface area contributed by atoms with E-state index in [-0.39, 0.29) is 55.5 Å². The van der Waals surface area contributed by atoms with Crippen LogP contribution in [0, 0.1) is 17.0 Å². The van der Waals surface area contributed by atoms with Gasteiger partial charge < -0.3 is 14.8 Å². The summed E-state index contributed by atoms with van der Waals surface area (Å²) in [4.78, 5) is 11.8. The fourth-order valence-electron chi connectivity index (χ4n) is 3.48. The molecule has 17 nitrogen and oxygen atoms in total. The Morgan fingerprint density at radius 3 is 1.74 bits per heavy atom. The molecule has 0 bridgehead atoms. The van der Waals surface area contributed by atoms with Crippen molar-refractivity contribution in [2.45, 2.75) is 11.8 Å². The number of hydrogen-bond acceptors (Lipinski definition) is 14. The minimum atomic E-state index is -4.17. The second kappa shape index (κ2) is 14.1. The van der Waals surface area contributed by atoms with Crippen molar-refractivity contribution in [2.75, 3.05) is 76.1 Å². The average molecular weight is 641 g/mol. The lowest BCUT2D eigenvalue weighted by Gasteiger charge is -2.31. The summed E-state index contributed by atoms with van der Waals surface area (Å²) in [5, 5.41) is 13.4. The van der Waals surface area contributed by atoms with Crippen LogP contribution in [0.25, 0.3) is 0 Å². The molecule has 0 saturated carbocycles. The zero-order chi connectivity index (χ0) is 30.2. The standard InChI is InChI=1S/C17H28N4O10S3.CH4O3S/c1-14-12-15(21(22)23)13-16(34(28,29)20-6-4-18-5-7-20)17(14)19(8-10-30-32(2,24)25)9-11-31-33(3,26)27;1-5(2,3)4/h12-13,18H,4-11H2,1-3H3;1H3,(H,2,3,4). The van der Waals surface area contributed by atoms with Crippen molar-refractivity contribution in [1.29, 1.82) is 0 Å². The maximum atomic E-state index is 13.5. The Morgan fingerprint density at radius 2 is 1.36 bits per heavy atom. The Labute approximate surface area is 228 Å². The summed E-state index contributed by atoms with van der Waals surface area (Å²) in [6.45, 7) is 1.89. The first kappa shape index (κ1) is 35.0. The summed E-state index contributed by atoms with van der Waals surface area (Å²) in [5.74, 6) is 0. The number of anilines is 1. The normalized spacial score (nSPS) is 15.3. The van der Waals surface area contributed by atoms with Crippen LogP contribution in [0.1, 0.15) is 5.56 Å². The molecule has 0 unspecified atom stereocenters. The van der Waals surface area contributed by atoms with E-state index in [9.17, 15) is 35.4 Å². The molecule has 1 fully saturated rings. The van der Waals surface area contributed by atoms with Gasteiger partial charge in [-0.2, -0.15) is 21.1 Å². The summed E-state index contributed by atoms with van der Waals surface area (Å²) in [7, 11) is -15.7. The SMILES string of the molecule is CS(=O)(=O)[O-].Cc1cc([N+](=O)[O-])cc(S(=O)(=O)N2CC[NH2+]CC2)c1N(CCOS(C)(=O)=O)CCOS(C)(=O)=O. The highest BCUT2D eigenvalue weighted by atomic mass is 32.2. The van der Waals surface area contributed by atoms with Gasteiger partial charge in [0.05, 0.1) is 72.6 Å². The van der Waals surface area contributed by atoms with Gasteiger partial charge >= 0.3 is 0 Å². The number of aryl methyl sites for hydroxylation is 1. The Balaban J connectivity index is 0.00000139. The Hall–Kier alpha value is -1.98. The fourth-order valence-corrected chi connectivity index (χ4v) is 6.00. The van der Waals surface area contributed by atoms with E-state index in [1.807, 2.05) is 5.32 Å². The molecule has 2 N–H and O–H groups in total. The van der Waals surface area contributed by atoms with E-state index in [0.717, 1.165) is 18.6 Å². The van der Waals surface area contributed by atoms with Gasteiger partial charge in [0.2, 0.25) is 10.0 Å². The number of quaternary nitrogens is 1. The molecule has 1 aromatic rings. The number of nitro groups is 1. The van der Waals surface area contributed by atoms with Crippen molar-refractivity contribution >= 4 is 51.8 Å². The summed E-state index contributed by atoms with van der Waals surface area (Å²) in [6.07, 6.45) is 2.31. The third-order valence-corrected chi connectivity index (χ3v) is 7.98. The second-order valence-corrected chi connectivity index (χ2v) is 15.0. The molecule has 226 valence electrons. The molecular formula is C18H32N4O13S4. The zero-order valence-corrected chi connectivity index (χ0v) is 24.9. The zero-order valence-electron chi connectivity index (χ0n) is 21.7. The van der Waals surface area contributed by atoms with Crippen molar-refractivity contribution in [3.63, 3.8) is 0 Å². The molecule has 21 heteroatoms. The molecular weight excluding hydrogens is 608 g/mol. The maximum Gasteiger partial charge on any atom is 0.271 e. The fraction of sp³-hybridized carbons (Fsp3) is 0.667. The number of piperazine rings is 1. The van der Waals surface area contributed by atoms with E-state index in [0.29, 0.717) is 19.3 Å². The maximum absolute atomic E-state index is 13.5. The number of rotatable bonds is 12. The van der Waals surface area contributed by atoms with Crippen molar-refractivity contribution in [1.82, 2.24) is 4.31 Å². The lowest BCUT2D eigenvalue weighted by molar-refractivity contribution is -0.661. The Kier molecular flexibility index (Phi) is 12.6. The molecule has 0 atom stereocenters. The Bertz CT molecular complexity index is 1390. The van der Waals surface area contributed by atoms with Gasteiger partial charge in [-0.15, -0.1) is 0 Å². The minimum absolute atomic E-state index is 0.0781. The first-order valence-corrected chi connectivity index (χ1v) is 18.0. The molecule has 2 rings (SSSR count). The first-order chi connectivity index (χ1) is 17.6. The summed E-state index contributed by atoms with van der Waals surface area (Å²) in [6, 6.07) is 2.15. The highest BCUT2D eigenvalue weighted by Gasteiger charge is 2.33. The molecule has 0 spiro atoms. The number of hydrogen-bond donors (Lipinski definition) is 1. The number of sulfonamides is 1. The third kappa shape index (κ3) is 13.3. The first-order valence-electron chi connectivity index (χ1n) is 11.1. The smallest absolute Gasteiger partial charge is 0.271 e. The van der Waals surface area contributed by atoms with Gasteiger partial charge in [0.15, 0.2) is 0 Å². The molecule has 1 saturated heterocycles. The average Bonchev–Trinajstić information content (AvgIpc) is 2.75. The molecule has 1 heterocycles. The van der Waals surface area contributed by atoms with Gasteiger partial charge in [-0.3, -0.25) is 18.5 Å². The third-order valence-electron chi connectivity index (χ3n) is 4.88. The number of nitrogens with zero attached hydrogens (tertiary/aromatic N) is 3. The quantitative estimate of drug-likeness (QED) is 0.106. The highest BCUT2D eigenvalue weighted by Crippen LogP contribution is 2.35. The van der Waals surface area contributed by atoms with Gasteiger partial charge in [0.25, 0.3) is 25.9 Å². The van der Waals surface area contributed by atoms with Gasteiger partial charge in [-0.25, -0.2) is 16.8 Å². The molecule has 1 aliphatic heterocycles. The van der Waals surface area contributed by atoms with Crippen LogP contribution in [0.3, 0.4) is 0 Å². The van der Waals surface area contributed by atoms with Crippen molar-refractivity contribution < 1.29 is 56.8 Å². The van der Waals surface area contributed by atoms with Gasteiger partial charge in [0, 0.05) is 31.5 Å². The second-order valence-electron chi connectivity index (χ2n) is 8.38. The number of benzene rings is 1. The van der Waals surface area contributed by atoms with Crippen LogP contribution in [0.5, 0.6) is 0 Å². The van der Waals surface area contributed by atoms with Crippen LogP contribution in [0.15, 0.2) is 17.0 Å². The van der Waals surface area contributed by atoms with E-state index in [1.54, 1.807) is 0 Å². The van der Waals surface area contributed by atoms with Gasteiger partial charge in [-0.1, -0.05) is 0 Å². The molecule has 0 amide bonds. The van der Waals surface area contributed by atoms with Crippen LogP contribution < -0.4 is 10.2 Å². The molecule has 39 heavy (non-hydrogen) atoms. The van der Waals surface area contributed by atoms with Crippen molar-refractivity contribution in [3.05, 3.63) is 27.8 Å². The van der Waals surface area contributed by atoms with E-state index in [4.69, 9.17) is 21.3 Å². The summed E-state index contributed by atoms with van der Waals surface area (Å²) >= 11 is 0. The number of non-ortho nitro benzene ring substituents is 1. The minimum Gasteiger partial charge on any atom is -0.748 e. The monoisotopic (exact) mass is 640 g/mol. The lowest BCUT2D eigenvalue weighted by Crippen LogP contribution is -2.89. The predicted molar refractivity (Wildman–Crippen MR) is 138 cm³/mol. The summed E-state index contributed by atoms with van der Waals surface area (Å²) in [5.41, 5.74) is -0.118. The van der Waals surface area contributed by atoms with E-state index >= 15 is 0 Å². The highest BCUT2D eigenvalue weighted by molar-refractivity contribution is 7.89. The van der Waals surface area contributed by atoms with E-state index in [1.165, 1.54) is 22.2 Å². The topological polar surface area (TPSA) is 244 Å². The molecule has 1 aliphatic rings. The van der Waals surface area contributed by atoms with Gasteiger partial charge in [0.1, 0.15) is 4.90 Å². The van der Waals surface area contributed by atoms with Gasteiger partial charge in [-0.05, 0) is 12.5 Å². The van der Waals surface area contributed by atoms with Crippen molar-refractivity contribution in [2.24, 2.45) is 0 Å².